The Morgan fingerprint density at radius 2 is 1.58 bits per heavy atom. The van der Waals surface area contributed by atoms with Gasteiger partial charge in [0.1, 0.15) is 5.75 Å². The Morgan fingerprint density at radius 3 is 2.11 bits per heavy atom. The van der Waals surface area contributed by atoms with Gasteiger partial charge in [-0.1, -0.05) is 56.6 Å². The molecule has 1 atom stereocenters. The molecular formula is C30H39ClN2O4Si. The molecule has 0 aliphatic heterocycles. The van der Waals surface area contributed by atoms with Gasteiger partial charge in [-0.25, -0.2) is 4.79 Å². The summed E-state index contributed by atoms with van der Waals surface area (Å²) >= 11 is 6.00. The van der Waals surface area contributed by atoms with Gasteiger partial charge in [-0.3, -0.25) is 0 Å². The van der Waals surface area contributed by atoms with E-state index in [1.54, 1.807) is 24.3 Å². The van der Waals surface area contributed by atoms with Crippen molar-refractivity contribution in [3.05, 3.63) is 88.9 Å². The fourth-order valence-electron chi connectivity index (χ4n) is 3.78. The maximum atomic E-state index is 11.8. The number of aliphatic hydroxyl groups excluding tert-OH is 1. The SMILES string of the molecule is CN(c1ccc(CCN(C[C@H](O)c2cccc(Cl)c2)C(=O)O)cc1)c1ccc(O[Si](C)(C)C(C)(C)C)cc1. The van der Waals surface area contributed by atoms with Gasteiger partial charge in [-0.05, 0) is 84.2 Å². The van der Waals surface area contributed by atoms with Crippen LogP contribution in [0.15, 0.2) is 72.8 Å². The van der Waals surface area contributed by atoms with Gasteiger partial charge in [0.2, 0.25) is 8.32 Å². The van der Waals surface area contributed by atoms with Crippen molar-refractivity contribution in [2.45, 2.75) is 51.4 Å². The van der Waals surface area contributed by atoms with Crippen LogP contribution in [0.1, 0.15) is 38.0 Å². The smallest absolute Gasteiger partial charge is 0.407 e. The van der Waals surface area contributed by atoms with E-state index in [4.69, 9.17) is 16.0 Å². The van der Waals surface area contributed by atoms with Crippen molar-refractivity contribution in [1.29, 1.82) is 0 Å². The highest BCUT2D eigenvalue weighted by Gasteiger charge is 2.38. The van der Waals surface area contributed by atoms with Gasteiger partial charge in [-0.2, -0.15) is 0 Å². The third-order valence-corrected chi connectivity index (χ3v) is 11.9. The molecule has 0 spiro atoms. The molecule has 3 aromatic carbocycles. The van der Waals surface area contributed by atoms with Gasteiger partial charge in [0.25, 0.3) is 0 Å². The highest BCUT2D eigenvalue weighted by atomic mass is 35.5. The van der Waals surface area contributed by atoms with E-state index in [1.165, 1.54) is 4.90 Å². The molecular weight excluding hydrogens is 516 g/mol. The van der Waals surface area contributed by atoms with Gasteiger partial charge < -0.3 is 24.4 Å². The largest absolute Gasteiger partial charge is 0.544 e. The first-order valence-electron chi connectivity index (χ1n) is 12.8. The zero-order valence-corrected chi connectivity index (χ0v) is 24.9. The van der Waals surface area contributed by atoms with Crippen LogP contribution in [0.5, 0.6) is 5.75 Å². The summed E-state index contributed by atoms with van der Waals surface area (Å²) in [5, 5.41) is 20.8. The monoisotopic (exact) mass is 554 g/mol. The van der Waals surface area contributed by atoms with Crippen molar-refractivity contribution in [2.24, 2.45) is 0 Å². The van der Waals surface area contributed by atoms with E-state index < -0.39 is 20.5 Å². The lowest BCUT2D eigenvalue weighted by Gasteiger charge is -2.36. The van der Waals surface area contributed by atoms with Crippen LogP contribution in [0.25, 0.3) is 0 Å². The normalized spacial score (nSPS) is 12.6. The maximum Gasteiger partial charge on any atom is 0.407 e. The van der Waals surface area contributed by atoms with E-state index in [2.05, 4.69) is 50.9 Å². The van der Waals surface area contributed by atoms with Crippen LogP contribution in [0.2, 0.25) is 23.2 Å². The van der Waals surface area contributed by atoms with Crippen molar-refractivity contribution in [2.75, 3.05) is 25.0 Å². The van der Waals surface area contributed by atoms with Crippen LogP contribution < -0.4 is 9.33 Å². The van der Waals surface area contributed by atoms with Gasteiger partial charge >= 0.3 is 6.09 Å². The maximum absolute atomic E-state index is 11.8. The first-order chi connectivity index (χ1) is 17.8. The standard InChI is InChI=1S/C30H39ClN2O4Si/c1-30(2,3)38(5,6)37-27-16-14-26(15-17-27)32(4)25-12-10-22(11-13-25)18-19-33(29(35)36)21-28(34)23-8-7-9-24(31)20-23/h7-17,20,28,34H,18-19,21H2,1-6H3,(H,35,36)/t28-/m0/s1. The van der Waals surface area contributed by atoms with Gasteiger partial charge in [0, 0.05) is 30.0 Å². The molecule has 0 radical (unpaired) electrons. The summed E-state index contributed by atoms with van der Waals surface area (Å²) < 4.78 is 6.39. The van der Waals surface area contributed by atoms with Crippen molar-refractivity contribution >= 4 is 37.4 Å². The fourth-order valence-corrected chi connectivity index (χ4v) is 5.01. The first kappa shape index (κ1) is 29.6. The van der Waals surface area contributed by atoms with E-state index in [1.807, 2.05) is 43.4 Å². The average Bonchev–Trinajstić information content (AvgIpc) is 2.85. The van der Waals surface area contributed by atoms with Gasteiger partial charge in [-0.15, -0.1) is 0 Å². The Labute approximate surface area is 232 Å². The Morgan fingerprint density at radius 1 is 1.00 bits per heavy atom. The molecule has 38 heavy (non-hydrogen) atoms. The van der Waals surface area contributed by atoms with Crippen LogP contribution in [-0.4, -0.2) is 49.7 Å². The number of amides is 1. The minimum atomic E-state index is -1.89. The third-order valence-electron chi connectivity index (χ3n) is 7.29. The number of hydrogen-bond acceptors (Lipinski definition) is 4. The van der Waals surface area contributed by atoms with E-state index in [0.29, 0.717) is 17.0 Å². The Bertz CT molecular complexity index is 1210. The second-order valence-electron chi connectivity index (χ2n) is 11.1. The molecule has 0 bridgehead atoms. The van der Waals surface area contributed by atoms with Crippen molar-refractivity contribution in [1.82, 2.24) is 4.90 Å². The molecule has 0 saturated carbocycles. The summed E-state index contributed by atoms with van der Waals surface area (Å²) in [6.45, 7) is 11.4. The molecule has 0 aromatic heterocycles. The summed E-state index contributed by atoms with van der Waals surface area (Å²) in [5.74, 6) is 0.896. The second kappa shape index (κ2) is 12.2. The minimum absolute atomic E-state index is 0.0222. The molecule has 3 rings (SSSR count). The number of carbonyl (C=O) groups is 1. The van der Waals surface area contributed by atoms with E-state index >= 15 is 0 Å². The molecule has 2 N–H and O–H groups in total. The lowest BCUT2D eigenvalue weighted by Crippen LogP contribution is -2.43. The molecule has 3 aromatic rings. The highest BCUT2D eigenvalue weighted by Crippen LogP contribution is 2.38. The van der Waals surface area contributed by atoms with Crippen LogP contribution in [-0.2, 0) is 6.42 Å². The average molecular weight is 555 g/mol. The number of nitrogens with zero attached hydrogens (tertiary/aromatic N) is 2. The zero-order valence-electron chi connectivity index (χ0n) is 23.1. The van der Waals surface area contributed by atoms with Gasteiger partial charge in [0.15, 0.2) is 0 Å². The number of halogens is 1. The van der Waals surface area contributed by atoms with Crippen LogP contribution in [0.3, 0.4) is 0 Å². The molecule has 0 heterocycles. The Hall–Kier alpha value is -3.00. The van der Waals surface area contributed by atoms with Crippen LogP contribution in [0, 0.1) is 0 Å². The van der Waals surface area contributed by atoms with Gasteiger partial charge in [0.05, 0.1) is 12.6 Å². The molecule has 8 heteroatoms. The zero-order chi connectivity index (χ0) is 28.1. The summed E-state index contributed by atoms with van der Waals surface area (Å²) in [5.41, 5.74) is 3.69. The van der Waals surface area contributed by atoms with Crippen molar-refractivity contribution < 1.29 is 19.4 Å². The third kappa shape index (κ3) is 7.76. The molecule has 0 aliphatic carbocycles. The first-order valence-corrected chi connectivity index (χ1v) is 16.1. The predicted octanol–water partition coefficient (Wildman–Crippen LogP) is 7.75. The lowest BCUT2D eigenvalue weighted by atomic mass is 10.1. The number of benzene rings is 3. The molecule has 0 aliphatic rings. The lowest BCUT2D eigenvalue weighted by molar-refractivity contribution is 0.0973. The van der Waals surface area contributed by atoms with Crippen LogP contribution in [0.4, 0.5) is 16.2 Å². The minimum Gasteiger partial charge on any atom is -0.544 e. The van der Waals surface area contributed by atoms with E-state index in [0.717, 1.165) is 22.7 Å². The Balaban J connectivity index is 1.59. The van der Waals surface area contributed by atoms with Crippen molar-refractivity contribution in [3.8, 4) is 5.75 Å². The van der Waals surface area contributed by atoms with E-state index in [9.17, 15) is 15.0 Å². The summed E-state index contributed by atoms with van der Waals surface area (Å²) in [6, 6.07) is 23.1. The molecule has 0 fully saturated rings. The number of aliphatic hydroxyl groups is 1. The quantitative estimate of drug-likeness (QED) is 0.251. The topological polar surface area (TPSA) is 73.2 Å². The van der Waals surface area contributed by atoms with E-state index in [-0.39, 0.29) is 18.1 Å². The molecule has 0 unspecified atom stereocenters. The number of rotatable bonds is 10. The van der Waals surface area contributed by atoms with Crippen LogP contribution >= 0.6 is 11.6 Å². The number of anilines is 2. The summed E-state index contributed by atoms with van der Waals surface area (Å²) in [7, 11) is 0.130. The fraction of sp³-hybridized carbons (Fsp3) is 0.367. The number of hydrogen-bond donors (Lipinski definition) is 2. The molecule has 0 saturated heterocycles. The molecule has 6 nitrogen and oxygen atoms in total. The summed E-state index contributed by atoms with van der Waals surface area (Å²) in [4.78, 5) is 15.1. The second-order valence-corrected chi connectivity index (χ2v) is 16.3. The summed E-state index contributed by atoms with van der Waals surface area (Å²) in [6.07, 6.45) is -1.47. The highest BCUT2D eigenvalue weighted by molar-refractivity contribution is 6.74. The molecule has 204 valence electrons. The number of carboxylic acid groups (broad SMARTS) is 1. The predicted molar refractivity (Wildman–Crippen MR) is 158 cm³/mol. The Kier molecular flexibility index (Phi) is 9.52. The molecule has 1 amide bonds. The van der Waals surface area contributed by atoms with Crippen molar-refractivity contribution in [3.63, 3.8) is 0 Å².